The zero-order valence-corrected chi connectivity index (χ0v) is 16.4. The maximum atomic E-state index is 9.06. The molecule has 3 aliphatic heterocycles. The number of nitrogens with zero attached hydrogens (tertiary/aromatic N) is 3. The van der Waals surface area contributed by atoms with Gasteiger partial charge in [-0.15, -0.1) is 0 Å². The molecule has 2 unspecified atom stereocenters. The highest BCUT2D eigenvalue weighted by Gasteiger charge is 2.68. The van der Waals surface area contributed by atoms with Gasteiger partial charge in [0.2, 0.25) is 5.79 Å². The molecule has 26 heavy (non-hydrogen) atoms. The van der Waals surface area contributed by atoms with Crippen LogP contribution in [0.15, 0.2) is 5.11 Å². The van der Waals surface area contributed by atoms with Crippen LogP contribution in [0.25, 0.3) is 10.4 Å². The van der Waals surface area contributed by atoms with Crippen molar-refractivity contribution in [3.05, 3.63) is 10.4 Å². The molecule has 0 N–H and O–H groups in total. The van der Waals surface area contributed by atoms with Crippen LogP contribution in [0.4, 0.5) is 0 Å². The molecule has 5 atom stereocenters. The molecular formula is C18H31N3O5. The van der Waals surface area contributed by atoms with Gasteiger partial charge in [-0.05, 0) is 39.6 Å². The van der Waals surface area contributed by atoms with E-state index in [1.807, 2.05) is 27.7 Å². The van der Waals surface area contributed by atoms with Crippen molar-refractivity contribution < 1.29 is 23.7 Å². The summed E-state index contributed by atoms with van der Waals surface area (Å²) >= 11 is 0. The van der Waals surface area contributed by atoms with Gasteiger partial charge in [-0.2, -0.15) is 0 Å². The lowest BCUT2D eigenvalue weighted by atomic mass is 9.97. The fraction of sp³-hybridized carbons (Fsp3) is 1.00. The maximum Gasteiger partial charge on any atom is 0.224 e. The number of unbranched alkanes of at least 4 members (excludes halogenated alkanes) is 3. The SMILES string of the molecule is CCCCCCC(N=[N+]=[N-])[C@@H]1OC2(COC(C)(C)O2)[C@@H]2OC(C)(C)O[C@@H]21. The summed E-state index contributed by atoms with van der Waals surface area (Å²) in [5.74, 6) is -2.53. The van der Waals surface area contributed by atoms with Gasteiger partial charge in [0.1, 0.15) is 18.8 Å². The number of rotatable bonds is 7. The number of ether oxygens (including phenoxy) is 5. The Morgan fingerprint density at radius 2 is 1.85 bits per heavy atom. The number of hydrogen-bond acceptors (Lipinski definition) is 6. The average Bonchev–Trinajstić information content (AvgIpc) is 3.13. The van der Waals surface area contributed by atoms with Gasteiger partial charge in [0.05, 0.1) is 12.1 Å². The lowest BCUT2D eigenvalue weighted by Gasteiger charge is -2.31. The van der Waals surface area contributed by atoms with Crippen molar-refractivity contribution in [3.8, 4) is 0 Å². The van der Waals surface area contributed by atoms with Crippen LogP contribution in [-0.2, 0) is 23.7 Å². The summed E-state index contributed by atoms with van der Waals surface area (Å²) in [4.78, 5) is 3.05. The van der Waals surface area contributed by atoms with Gasteiger partial charge in [0.25, 0.3) is 0 Å². The topological polar surface area (TPSA) is 94.9 Å². The van der Waals surface area contributed by atoms with Gasteiger partial charge in [-0.3, -0.25) is 0 Å². The second-order valence-electron chi connectivity index (χ2n) is 8.33. The Kier molecular flexibility index (Phi) is 5.55. The van der Waals surface area contributed by atoms with Crippen molar-refractivity contribution in [2.45, 2.75) is 108 Å². The van der Waals surface area contributed by atoms with Crippen molar-refractivity contribution in [1.82, 2.24) is 0 Å². The van der Waals surface area contributed by atoms with E-state index in [1.165, 1.54) is 6.42 Å². The minimum Gasteiger partial charge on any atom is -0.345 e. The summed E-state index contributed by atoms with van der Waals surface area (Å²) in [5, 5.41) is 4.03. The fourth-order valence-electron chi connectivity index (χ4n) is 4.11. The van der Waals surface area contributed by atoms with Gasteiger partial charge in [0, 0.05) is 4.91 Å². The molecule has 3 rings (SSSR count). The molecule has 0 bridgehead atoms. The van der Waals surface area contributed by atoms with Crippen LogP contribution >= 0.6 is 0 Å². The van der Waals surface area contributed by atoms with Crippen molar-refractivity contribution in [2.24, 2.45) is 5.11 Å². The van der Waals surface area contributed by atoms with E-state index >= 15 is 0 Å². The highest BCUT2D eigenvalue weighted by molar-refractivity contribution is 5.08. The van der Waals surface area contributed by atoms with Crippen LogP contribution in [0.1, 0.15) is 66.7 Å². The Labute approximate surface area is 155 Å². The highest BCUT2D eigenvalue weighted by atomic mass is 16.9. The van der Waals surface area contributed by atoms with E-state index in [0.29, 0.717) is 0 Å². The summed E-state index contributed by atoms with van der Waals surface area (Å²) in [6.45, 7) is 9.88. The Hall–Kier alpha value is -0.890. The van der Waals surface area contributed by atoms with Crippen molar-refractivity contribution in [1.29, 1.82) is 0 Å². The van der Waals surface area contributed by atoms with Crippen molar-refractivity contribution in [2.75, 3.05) is 6.61 Å². The molecule has 0 aromatic rings. The lowest BCUT2D eigenvalue weighted by molar-refractivity contribution is -0.297. The summed E-state index contributed by atoms with van der Waals surface area (Å²) < 4.78 is 30.5. The Bertz CT molecular complexity index is 563. The van der Waals surface area contributed by atoms with Gasteiger partial charge in [-0.25, -0.2) is 0 Å². The molecule has 8 nitrogen and oxygen atoms in total. The number of azide groups is 1. The van der Waals surface area contributed by atoms with E-state index in [9.17, 15) is 0 Å². The van der Waals surface area contributed by atoms with Crippen LogP contribution in [0, 0.1) is 0 Å². The molecular weight excluding hydrogens is 338 g/mol. The standard InChI is InChI=1S/C18H31N3O5/c1-6-7-8-9-10-12(20-21-19)13-14-15(25-17(4,5)23-14)18(24-13)11-22-16(2,3)26-18/h12-15H,6-11H2,1-5H3/t12?,13-,14+,15+,18?/m0/s1. The third-order valence-electron chi connectivity index (χ3n) is 5.19. The summed E-state index contributed by atoms with van der Waals surface area (Å²) in [6, 6.07) is -0.325. The first-order valence-electron chi connectivity index (χ1n) is 9.64. The van der Waals surface area contributed by atoms with E-state index in [4.69, 9.17) is 29.2 Å². The lowest BCUT2D eigenvalue weighted by Crippen LogP contribution is -2.46. The zero-order chi connectivity index (χ0) is 19.0. The predicted octanol–water partition coefficient (Wildman–Crippen LogP) is 4.03. The Morgan fingerprint density at radius 1 is 1.08 bits per heavy atom. The first-order valence-corrected chi connectivity index (χ1v) is 9.64. The molecule has 3 heterocycles. The van der Waals surface area contributed by atoms with Gasteiger partial charge < -0.3 is 23.7 Å². The molecule has 3 fully saturated rings. The van der Waals surface area contributed by atoms with E-state index in [2.05, 4.69) is 16.9 Å². The molecule has 3 aliphatic rings. The molecule has 148 valence electrons. The van der Waals surface area contributed by atoms with Crippen LogP contribution < -0.4 is 0 Å². The Balaban J connectivity index is 1.80. The summed E-state index contributed by atoms with van der Waals surface area (Å²) in [5.41, 5.74) is 9.06. The quantitative estimate of drug-likeness (QED) is 0.292. The summed E-state index contributed by atoms with van der Waals surface area (Å²) in [6.07, 6.45) is 3.97. The third-order valence-corrected chi connectivity index (χ3v) is 5.19. The monoisotopic (exact) mass is 369 g/mol. The van der Waals surface area contributed by atoms with E-state index in [1.54, 1.807) is 0 Å². The van der Waals surface area contributed by atoms with E-state index in [0.717, 1.165) is 25.7 Å². The van der Waals surface area contributed by atoms with Crippen LogP contribution in [0.5, 0.6) is 0 Å². The fourth-order valence-corrected chi connectivity index (χ4v) is 4.11. The summed E-state index contributed by atoms with van der Waals surface area (Å²) in [7, 11) is 0. The van der Waals surface area contributed by atoms with Crippen LogP contribution in [0.3, 0.4) is 0 Å². The van der Waals surface area contributed by atoms with Gasteiger partial charge in [0.15, 0.2) is 11.6 Å². The highest BCUT2D eigenvalue weighted by Crippen LogP contribution is 2.50. The third kappa shape index (κ3) is 3.86. The molecule has 0 amide bonds. The molecule has 0 aliphatic carbocycles. The maximum absolute atomic E-state index is 9.06. The largest absolute Gasteiger partial charge is 0.345 e. The Morgan fingerprint density at radius 3 is 2.46 bits per heavy atom. The van der Waals surface area contributed by atoms with Crippen molar-refractivity contribution >= 4 is 0 Å². The molecule has 0 saturated carbocycles. The second-order valence-corrected chi connectivity index (χ2v) is 8.33. The van der Waals surface area contributed by atoms with E-state index in [-0.39, 0.29) is 18.8 Å². The zero-order valence-electron chi connectivity index (χ0n) is 16.4. The second kappa shape index (κ2) is 7.26. The first-order chi connectivity index (χ1) is 12.2. The molecule has 1 spiro atoms. The predicted molar refractivity (Wildman–Crippen MR) is 94.2 cm³/mol. The smallest absolute Gasteiger partial charge is 0.224 e. The van der Waals surface area contributed by atoms with Gasteiger partial charge >= 0.3 is 0 Å². The molecule has 0 radical (unpaired) electrons. The minimum absolute atomic E-state index is 0.260. The minimum atomic E-state index is -1.03. The molecule has 0 aromatic heterocycles. The molecule has 8 heteroatoms. The van der Waals surface area contributed by atoms with Crippen LogP contribution in [0.2, 0.25) is 0 Å². The van der Waals surface area contributed by atoms with E-state index < -0.39 is 29.6 Å². The normalized spacial score (nSPS) is 38.3. The molecule has 3 saturated heterocycles. The van der Waals surface area contributed by atoms with Crippen molar-refractivity contribution in [3.63, 3.8) is 0 Å². The first kappa shape index (κ1) is 19.9. The average molecular weight is 369 g/mol. The number of fused-ring (bicyclic) bond motifs is 2. The van der Waals surface area contributed by atoms with Crippen LogP contribution in [-0.4, -0.2) is 48.3 Å². The van der Waals surface area contributed by atoms with Gasteiger partial charge in [-0.1, -0.05) is 37.7 Å². The molecule has 0 aromatic carbocycles. The number of hydrogen-bond donors (Lipinski definition) is 0.